The average molecular weight is 685 g/mol. The number of pyridine rings is 1. The van der Waals surface area contributed by atoms with Crippen molar-refractivity contribution in [3.8, 4) is 28.3 Å². The third kappa shape index (κ3) is 12.3. The van der Waals surface area contributed by atoms with Crippen LogP contribution in [0, 0.1) is 13.0 Å². The molecule has 1 fully saturated rings. The van der Waals surface area contributed by atoms with Crippen LogP contribution < -0.4 is 0 Å². The number of phenols is 1. The second-order valence-electron chi connectivity index (χ2n) is 12.1. The normalized spacial score (nSPS) is 12.5. The molecule has 1 aliphatic rings. The van der Waals surface area contributed by atoms with Crippen LogP contribution in [0.5, 0.6) is 5.75 Å². The molecule has 0 amide bonds. The molecule has 6 heteroatoms. The molecule has 2 heterocycles. The summed E-state index contributed by atoms with van der Waals surface area (Å²) in [6.07, 6.45) is 2.56. The number of aromatic hydroxyl groups is 1. The van der Waals surface area contributed by atoms with Gasteiger partial charge in [-0.1, -0.05) is 95.6 Å². The molecule has 0 aliphatic carbocycles. The van der Waals surface area contributed by atoms with Gasteiger partial charge in [-0.05, 0) is 54.0 Å². The monoisotopic (exact) mass is 682 g/mol. The number of benzene rings is 3. The Kier molecular flexibility index (Phi) is 15.5. The first-order valence-electron chi connectivity index (χ1n) is 14.3. The molecule has 42 heavy (non-hydrogen) atoms. The van der Waals surface area contributed by atoms with Gasteiger partial charge in [0.05, 0.1) is 5.69 Å². The van der Waals surface area contributed by atoms with Gasteiger partial charge in [0.2, 0.25) is 0 Å². The molecule has 224 valence electrons. The van der Waals surface area contributed by atoms with Gasteiger partial charge in [0.25, 0.3) is 0 Å². The second kappa shape index (κ2) is 18.0. The Morgan fingerprint density at radius 1 is 0.786 bits per heavy atom. The van der Waals surface area contributed by atoms with Gasteiger partial charge < -0.3 is 9.84 Å². The Bertz CT molecular complexity index is 1320. The van der Waals surface area contributed by atoms with Crippen LogP contribution in [0.25, 0.3) is 22.5 Å². The molecular formula is C36H44Cl2NO2Zr-. The van der Waals surface area contributed by atoms with Crippen LogP contribution in [-0.4, -0.2) is 23.3 Å². The van der Waals surface area contributed by atoms with Gasteiger partial charge in [0.1, 0.15) is 5.75 Å². The number of halogens is 2. The Hall–Kier alpha value is -1.97. The van der Waals surface area contributed by atoms with Crippen LogP contribution in [0.15, 0.2) is 84.9 Å². The molecule has 4 aromatic rings. The quantitative estimate of drug-likeness (QED) is 0.214. The SMILES string of the molecule is C1CCOC1.CC(C)(C)c1cc(-c2cccc(-c3[c-]cccc3)n2)c(O)c(C(C)(C)C)c1.Cc1ccccc1.[Cl][Zr][Cl]. The summed E-state index contributed by atoms with van der Waals surface area (Å²) in [4.78, 5) is 4.83. The summed E-state index contributed by atoms with van der Waals surface area (Å²) in [5.41, 5.74) is 6.64. The van der Waals surface area contributed by atoms with E-state index in [0.29, 0.717) is 5.75 Å². The van der Waals surface area contributed by atoms with Crippen LogP contribution in [0.3, 0.4) is 0 Å². The Morgan fingerprint density at radius 2 is 1.38 bits per heavy atom. The van der Waals surface area contributed by atoms with E-state index >= 15 is 0 Å². The van der Waals surface area contributed by atoms with E-state index in [2.05, 4.69) is 78.8 Å². The van der Waals surface area contributed by atoms with E-state index in [-0.39, 0.29) is 10.8 Å². The van der Waals surface area contributed by atoms with Crippen LogP contribution in [0.1, 0.15) is 71.1 Å². The summed E-state index contributed by atoms with van der Waals surface area (Å²) in [6, 6.07) is 31.4. The van der Waals surface area contributed by atoms with E-state index in [0.717, 1.165) is 41.3 Å². The Balaban J connectivity index is 0.000000332. The van der Waals surface area contributed by atoms with Crippen molar-refractivity contribution >= 4 is 17.0 Å². The third-order valence-electron chi connectivity index (χ3n) is 6.56. The molecule has 1 aliphatic heterocycles. The molecule has 0 saturated carbocycles. The molecule has 0 radical (unpaired) electrons. The van der Waals surface area contributed by atoms with Gasteiger partial charge in [0.15, 0.2) is 0 Å². The molecule has 0 spiro atoms. The van der Waals surface area contributed by atoms with E-state index in [4.69, 9.17) is 26.7 Å². The van der Waals surface area contributed by atoms with Crippen molar-refractivity contribution in [2.24, 2.45) is 0 Å². The van der Waals surface area contributed by atoms with Crippen LogP contribution in [-0.2, 0) is 36.4 Å². The number of ether oxygens (including phenoxy) is 1. The summed E-state index contributed by atoms with van der Waals surface area (Å²) in [5, 5.41) is 11.1. The van der Waals surface area contributed by atoms with E-state index in [1.807, 2.05) is 60.7 Å². The molecule has 3 aromatic carbocycles. The van der Waals surface area contributed by atoms with E-state index < -0.39 is 20.8 Å². The fourth-order valence-corrected chi connectivity index (χ4v) is 4.17. The maximum atomic E-state index is 11.1. The predicted molar refractivity (Wildman–Crippen MR) is 176 cm³/mol. The van der Waals surface area contributed by atoms with Crippen molar-refractivity contribution in [3.63, 3.8) is 0 Å². The third-order valence-corrected chi connectivity index (χ3v) is 6.56. The zero-order valence-electron chi connectivity index (χ0n) is 26.0. The fourth-order valence-electron chi connectivity index (χ4n) is 4.17. The molecule has 0 bridgehead atoms. The number of rotatable bonds is 2. The van der Waals surface area contributed by atoms with Gasteiger partial charge in [-0.2, -0.15) is 0 Å². The molecule has 1 N–H and O–H groups in total. The van der Waals surface area contributed by atoms with E-state index in [1.54, 1.807) is 0 Å². The first-order chi connectivity index (χ1) is 19.9. The topological polar surface area (TPSA) is 42.4 Å². The molecule has 1 aromatic heterocycles. The van der Waals surface area contributed by atoms with Gasteiger partial charge >= 0.3 is 37.9 Å². The minimum absolute atomic E-state index is 0.0206. The van der Waals surface area contributed by atoms with Gasteiger partial charge in [-0.15, -0.1) is 35.9 Å². The summed E-state index contributed by atoms with van der Waals surface area (Å²) < 4.78 is 4.94. The number of hydrogen-bond acceptors (Lipinski definition) is 3. The molecule has 3 nitrogen and oxygen atoms in total. The van der Waals surface area contributed by atoms with Crippen molar-refractivity contribution in [2.75, 3.05) is 13.2 Å². The molecule has 0 unspecified atom stereocenters. The number of aromatic nitrogens is 1. The Labute approximate surface area is 272 Å². The van der Waals surface area contributed by atoms with Crippen LogP contribution in [0.2, 0.25) is 0 Å². The summed E-state index contributed by atoms with van der Waals surface area (Å²) >= 11 is -0.826. The summed E-state index contributed by atoms with van der Waals surface area (Å²) in [5.74, 6) is 0.317. The average Bonchev–Trinajstić information content (AvgIpc) is 3.54. The molecule has 1 saturated heterocycles. The summed E-state index contributed by atoms with van der Waals surface area (Å²) in [6.45, 7) is 17.0. The minimum atomic E-state index is -0.826. The zero-order chi connectivity index (χ0) is 31.2. The zero-order valence-corrected chi connectivity index (χ0v) is 29.9. The predicted octanol–water partition coefficient (Wildman–Crippen LogP) is 10.7. The van der Waals surface area contributed by atoms with Crippen molar-refractivity contribution < 1.29 is 30.7 Å². The summed E-state index contributed by atoms with van der Waals surface area (Å²) in [7, 11) is 9.87. The first-order valence-corrected chi connectivity index (χ1v) is 20.6. The van der Waals surface area contributed by atoms with Crippen LogP contribution in [0.4, 0.5) is 0 Å². The second-order valence-corrected chi connectivity index (χ2v) is 15.9. The van der Waals surface area contributed by atoms with Crippen molar-refractivity contribution in [2.45, 2.75) is 72.1 Å². The van der Waals surface area contributed by atoms with Gasteiger partial charge in [0, 0.05) is 24.3 Å². The standard InChI is InChI=1S/C25H28NO.C7H8.C4H8O.2ClH.Zr/c1-24(2,3)18-15-19(23(27)20(16-18)25(4,5)6)22-14-10-13-21(26-22)17-11-8-7-9-12-17;1-7-5-3-2-4-6-7;1-2-4-5-3-1;;;/h7-11,13-16,27H,1-6H3;2-6H,1H3;1-4H2;2*1H;/q-1;;;;;+2/p-2. The van der Waals surface area contributed by atoms with Crippen molar-refractivity contribution in [1.82, 2.24) is 4.98 Å². The van der Waals surface area contributed by atoms with Crippen molar-refractivity contribution in [3.05, 3.63) is 108 Å². The molecular weight excluding hydrogens is 641 g/mol. The van der Waals surface area contributed by atoms with E-state index in [1.165, 1.54) is 24.0 Å². The van der Waals surface area contributed by atoms with Crippen LogP contribution >= 0.6 is 17.0 Å². The first kappa shape index (κ1) is 36.2. The van der Waals surface area contributed by atoms with Crippen molar-refractivity contribution in [1.29, 1.82) is 0 Å². The van der Waals surface area contributed by atoms with Gasteiger partial charge in [-0.3, -0.25) is 4.98 Å². The fraction of sp³-hybridized carbons (Fsp3) is 0.361. The number of aryl methyl sites for hydroxylation is 1. The number of hydrogen-bond donors (Lipinski definition) is 1. The number of phenolic OH excluding ortho intramolecular Hbond substituents is 1. The van der Waals surface area contributed by atoms with Gasteiger partial charge in [-0.25, -0.2) is 0 Å². The maximum absolute atomic E-state index is 11.1. The number of nitrogens with zero attached hydrogens (tertiary/aromatic N) is 1. The molecule has 5 rings (SSSR count). The molecule has 0 atom stereocenters. The Morgan fingerprint density at radius 3 is 1.83 bits per heavy atom. The van der Waals surface area contributed by atoms with E-state index in [9.17, 15) is 5.11 Å².